The average molecular weight is 322 g/mol. The molecule has 1 aromatic carbocycles. The molecule has 2 N–H and O–H groups in total. The van der Waals surface area contributed by atoms with Crippen molar-refractivity contribution in [1.29, 1.82) is 0 Å². The third-order valence-electron chi connectivity index (χ3n) is 3.27. The van der Waals surface area contributed by atoms with E-state index < -0.39 is 6.04 Å². The van der Waals surface area contributed by atoms with Gasteiger partial charge in [-0.3, -0.25) is 19.5 Å². The van der Waals surface area contributed by atoms with Crippen LogP contribution in [0.5, 0.6) is 5.75 Å². The Hall–Kier alpha value is -2.61. The van der Waals surface area contributed by atoms with Crippen molar-refractivity contribution in [2.75, 3.05) is 17.7 Å². The van der Waals surface area contributed by atoms with Crippen molar-refractivity contribution in [2.24, 2.45) is 0 Å². The van der Waals surface area contributed by atoms with Crippen molar-refractivity contribution in [1.82, 2.24) is 14.8 Å². The number of amides is 2. The number of nitrogens with one attached hydrogen (secondary N) is 2. The third kappa shape index (κ3) is 2.60. The first kappa shape index (κ1) is 14.3. The van der Waals surface area contributed by atoms with Crippen LogP contribution in [0.25, 0.3) is 0 Å². The average Bonchev–Trinajstić information content (AvgIpc) is 2.96. The summed E-state index contributed by atoms with van der Waals surface area (Å²) in [6.45, 7) is 0. The fraction of sp³-hybridized carbons (Fsp3) is 0.231. The van der Waals surface area contributed by atoms with Gasteiger partial charge in [0.05, 0.1) is 24.2 Å². The lowest BCUT2D eigenvalue weighted by atomic mass is 10.1. The van der Waals surface area contributed by atoms with Crippen LogP contribution < -0.4 is 15.4 Å². The summed E-state index contributed by atoms with van der Waals surface area (Å²) >= 11 is 6.06. The second-order valence-electron chi connectivity index (χ2n) is 4.66. The summed E-state index contributed by atoms with van der Waals surface area (Å²) in [5.41, 5.74) is 0.409. The molecule has 1 aromatic heterocycles. The Bertz CT molecular complexity index is 745. The SMILES string of the molecule is COc1ccc(Cl)c(NC(=O)[C@H]2CC(=O)Nc3nncn32)c1. The maximum absolute atomic E-state index is 12.5. The molecule has 0 fully saturated rings. The van der Waals surface area contributed by atoms with Gasteiger partial charge in [0.1, 0.15) is 18.1 Å². The first-order valence-corrected chi connectivity index (χ1v) is 6.80. The highest BCUT2D eigenvalue weighted by molar-refractivity contribution is 6.33. The number of rotatable bonds is 3. The van der Waals surface area contributed by atoms with Gasteiger partial charge in [-0.2, -0.15) is 0 Å². The van der Waals surface area contributed by atoms with E-state index in [4.69, 9.17) is 16.3 Å². The molecule has 8 nitrogen and oxygen atoms in total. The van der Waals surface area contributed by atoms with E-state index in [0.717, 1.165) is 0 Å². The van der Waals surface area contributed by atoms with Crippen LogP contribution >= 0.6 is 11.6 Å². The number of carbonyl (C=O) groups is 2. The minimum atomic E-state index is -0.735. The van der Waals surface area contributed by atoms with Gasteiger partial charge in [0.25, 0.3) is 0 Å². The summed E-state index contributed by atoms with van der Waals surface area (Å²) in [6.07, 6.45) is 1.39. The summed E-state index contributed by atoms with van der Waals surface area (Å²) in [6, 6.07) is 4.18. The molecule has 0 radical (unpaired) electrons. The zero-order chi connectivity index (χ0) is 15.7. The molecule has 114 valence electrons. The quantitative estimate of drug-likeness (QED) is 0.892. The third-order valence-corrected chi connectivity index (χ3v) is 3.60. The Kier molecular flexibility index (Phi) is 3.68. The molecular weight excluding hydrogens is 310 g/mol. The topological polar surface area (TPSA) is 98.1 Å². The van der Waals surface area contributed by atoms with E-state index in [2.05, 4.69) is 20.8 Å². The summed E-state index contributed by atoms with van der Waals surface area (Å²) in [7, 11) is 1.52. The van der Waals surface area contributed by atoms with Crippen LogP contribution in [0, 0.1) is 0 Å². The fourth-order valence-corrected chi connectivity index (χ4v) is 2.34. The number of fused-ring (bicyclic) bond motifs is 1. The highest BCUT2D eigenvalue weighted by atomic mass is 35.5. The second kappa shape index (κ2) is 5.64. The minimum absolute atomic E-state index is 0.00153. The Morgan fingerprint density at radius 2 is 2.36 bits per heavy atom. The molecule has 0 unspecified atom stereocenters. The number of hydrogen-bond donors (Lipinski definition) is 2. The molecule has 0 saturated carbocycles. The highest BCUT2D eigenvalue weighted by Crippen LogP contribution is 2.29. The van der Waals surface area contributed by atoms with Gasteiger partial charge in [-0.1, -0.05) is 11.6 Å². The predicted molar refractivity (Wildman–Crippen MR) is 78.9 cm³/mol. The first-order valence-electron chi connectivity index (χ1n) is 6.42. The van der Waals surface area contributed by atoms with Gasteiger partial charge in [-0.25, -0.2) is 0 Å². The van der Waals surface area contributed by atoms with Crippen molar-refractivity contribution in [3.8, 4) is 5.75 Å². The number of aromatic nitrogens is 3. The number of benzene rings is 1. The van der Waals surface area contributed by atoms with Gasteiger partial charge in [-0.05, 0) is 12.1 Å². The summed E-state index contributed by atoms with van der Waals surface area (Å²) in [5, 5.41) is 13.1. The van der Waals surface area contributed by atoms with Gasteiger partial charge in [-0.15, -0.1) is 10.2 Å². The molecule has 0 saturated heterocycles. The molecule has 0 bridgehead atoms. The number of hydrogen-bond acceptors (Lipinski definition) is 5. The molecule has 22 heavy (non-hydrogen) atoms. The van der Waals surface area contributed by atoms with Crippen molar-refractivity contribution < 1.29 is 14.3 Å². The Morgan fingerprint density at radius 3 is 3.14 bits per heavy atom. The lowest BCUT2D eigenvalue weighted by molar-refractivity contribution is -0.125. The molecule has 2 heterocycles. The largest absolute Gasteiger partial charge is 0.497 e. The van der Waals surface area contributed by atoms with E-state index in [1.165, 1.54) is 18.0 Å². The lowest BCUT2D eigenvalue weighted by Crippen LogP contribution is -2.35. The number of ether oxygens (including phenoxy) is 1. The van der Waals surface area contributed by atoms with Crippen molar-refractivity contribution in [2.45, 2.75) is 12.5 Å². The molecule has 9 heteroatoms. The zero-order valence-corrected chi connectivity index (χ0v) is 12.3. The molecule has 1 aliphatic heterocycles. The monoisotopic (exact) mass is 321 g/mol. The molecule has 1 atom stereocenters. The maximum atomic E-state index is 12.5. The van der Waals surface area contributed by atoms with Gasteiger partial charge >= 0.3 is 0 Å². The number of carbonyl (C=O) groups excluding carboxylic acids is 2. The number of anilines is 2. The van der Waals surface area contributed by atoms with Crippen LogP contribution in [-0.2, 0) is 9.59 Å². The first-order chi connectivity index (χ1) is 10.6. The van der Waals surface area contributed by atoms with E-state index in [0.29, 0.717) is 16.5 Å². The van der Waals surface area contributed by atoms with Crippen LogP contribution in [-0.4, -0.2) is 33.7 Å². The van der Waals surface area contributed by atoms with Crippen LogP contribution in [0.4, 0.5) is 11.6 Å². The number of methoxy groups -OCH3 is 1. The predicted octanol–water partition coefficient (Wildman–Crippen LogP) is 1.46. The zero-order valence-electron chi connectivity index (χ0n) is 11.5. The Balaban J connectivity index is 1.85. The molecule has 1 aliphatic rings. The molecule has 2 aromatic rings. The molecule has 2 amide bonds. The fourth-order valence-electron chi connectivity index (χ4n) is 2.17. The molecule has 3 rings (SSSR count). The summed E-state index contributed by atoms with van der Waals surface area (Å²) < 4.78 is 6.60. The standard InChI is InChI=1S/C13H12ClN5O3/c1-22-7-2-3-8(14)9(4-7)16-12(21)10-5-11(20)17-13-18-15-6-19(10)13/h2-4,6,10H,5H2,1H3,(H,16,21)(H,17,18,20)/t10-/m1/s1. The van der Waals surface area contributed by atoms with Gasteiger partial charge in [0.2, 0.25) is 17.8 Å². The van der Waals surface area contributed by atoms with E-state index in [1.807, 2.05) is 0 Å². The van der Waals surface area contributed by atoms with Crippen LogP contribution in [0.3, 0.4) is 0 Å². The van der Waals surface area contributed by atoms with E-state index in [1.54, 1.807) is 18.2 Å². The van der Waals surface area contributed by atoms with Crippen LogP contribution in [0.1, 0.15) is 12.5 Å². The molecule has 0 spiro atoms. The van der Waals surface area contributed by atoms with E-state index in [-0.39, 0.29) is 24.2 Å². The summed E-state index contributed by atoms with van der Waals surface area (Å²) in [5.74, 6) is 0.127. The van der Waals surface area contributed by atoms with Gasteiger partial charge < -0.3 is 10.1 Å². The number of nitrogens with zero attached hydrogens (tertiary/aromatic N) is 3. The van der Waals surface area contributed by atoms with Crippen molar-refractivity contribution >= 4 is 35.1 Å². The minimum Gasteiger partial charge on any atom is -0.497 e. The maximum Gasteiger partial charge on any atom is 0.248 e. The lowest BCUT2D eigenvalue weighted by Gasteiger charge is -2.23. The van der Waals surface area contributed by atoms with Gasteiger partial charge in [0.15, 0.2) is 0 Å². The van der Waals surface area contributed by atoms with Crippen LogP contribution in [0.15, 0.2) is 24.5 Å². The molecular formula is C13H12ClN5O3. The Labute approximate surface area is 130 Å². The van der Waals surface area contributed by atoms with E-state index in [9.17, 15) is 9.59 Å². The van der Waals surface area contributed by atoms with E-state index >= 15 is 0 Å². The van der Waals surface area contributed by atoms with Gasteiger partial charge in [0, 0.05) is 6.07 Å². The normalized spacial score (nSPS) is 16.6. The second-order valence-corrected chi connectivity index (χ2v) is 5.07. The summed E-state index contributed by atoms with van der Waals surface area (Å²) in [4.78, 5) is 24.1. The van der Waals surface area contributed by atoms with Crippen LogP contribution in [0.2, 0.25) is 5.02 Å². The van der Waals surface area contributed by atoms with Crippen molar-refractivity contribution in [3.05, 3.63) is 29.5 Å². The highest BCUT2D eigenvalue weighted by Gasteiger charge is 2.31. The smallest absolute Gasteiger partial charge is 0.248 e. The molecule has 0 aliphatic carbocycles. The Morgan fingerprint density at radius 1 is 1.55 bits per heavy atom. The van der Waals surface area contributed by atoms with Crippen molar-refractivity contribution in [3.63, 3.8) is 0 Å². The number of halogens is 1.